The van der Waals surface area contributed by atoms with E-state index in [-0.39, 0.29) is 36.0 Å². The normalized spacial score (nSPS) is 14.1. The Kier molecular flexibility index (Phi) is 21.3. The molecule has 0 saturated carbocycles. The summed E-state index contributed by atoms with van der Waals surface area (Å²) >= 11 is 3.14. The number of Topliss-reactive ketones (excluding diaryl/α,β-unsaturated/α-hetero) is 2. The minimum Gasteiger partial charge on any atom is -0.456 e. The fourth-order valence-electron chi connectivity index (χ4n) is 6.46. The highest BCUT2D eigenvalue weighted by Gasteiger charge is 2.29. The fraction of sp³-hybridized carbons (Fsp3) is 0.548. The van der Waals surface area contributed by atoms with Gasteiger partial charge in [0.15, 0.2) is 29.7 Å². The zero-order valence-corrected chi connectivity index (χ0v) is 36.2. The molecular weight excluding hydrogens is 811 g/mol. The predicted molar refractivity (Wildman–Crippen MR) is 230 cm³/mol. The molecule has 328 valence electrons. The number of aliphatic hydroxyl groups excluding tert-OH is 1. The summed E-state index contributed by atoms with van der Waals surface area (Å²) in [7, 11) is 2.98. The largest absolute Gasteiger partial charge is 0.456 e. The van der Waals surface area contributed by atoms with Gasteiger partial charge in [-0.3, -0.25) is 24.0 Å². The van der Waals surface area contributed by atoms with E-state index in [9.17, 15) is 24.0 Å². The number of likely N-dealkylation sites (tertiary alicyclic amines) is 2. The predicted octanol–water partition coefficient (Wildman–Crippen LogP) is 5.05. The second kappa shape index (κ2) is 26.6. The van der Waals surface area contributed by atoms with Crippen molar-refractivity contribution < 1.29 is 42.9 Å². The van der Waals surface area contributed by atoms with Gasteiger partial charge in [0, 0.05) is 71.3 Å². The van der Waals surface area contributed by atoms with Gasteiger partial charge in [-0.2, -0.15) is 0 Å². The molecule has 0 aliphatic carbocycles. The lowest BCUT2D eigenvalue weighted by atomic mass is 9.96. The first kappa shape index (κ1) is 48.1. The molecule has 0 atom stereocenters. The van der Waals surface area contributed by atoms with Gasteiger partial charge < -0.3 is 45.1 Å². The Morgan fingerprint density at radius 3 is 1.65 bits per heavy atom. The van der Waals surface area contributed by atoms with Gasteiger partial charge in [0.1, 0.15) is 18.0 Å². The van der Waals surface area contributed by atoms with Gasteiger partial charge in [0.2, 0.25) is 5.91 Å². The van der Waals surface area contributed by atoms with Crippen molar-refractivity contribution in [2.45, 2.75) is 76.7 Å². The summed E-state index contributed by atoms with van der Waals surface area (Å²) in [6.07, 6.45) is 9.75. The molecule has 2 saturated heterocycles. The van der Waals surface area contributed by atoms with E-state index in [1.165, 1.54) is 20.5 Å². The number of carbonyl (C=O) groups is 5. The molecule has 16 nitrogen and oxygen atoms in total. The van der Waals surface area contributed by atoms with Crippen molar-refractivity contribution in [1.82, 2.24) is 30.7 Å². The lowest BCUT2D eigenvalue weighted by Gasteiger charge is -2.38. The molecule has 18 heteroatoms. The van der Waals surface area contributed by atoms with E-state index in [1.807, 2.05) is 35.0 Å². The van der Waals surface area contributed by atoms with Crippen LogP contribution in [0, 0.1) is 5.92 Å². The smallest absolute Gasteiger partial charge is 0.306 e. The second-order valence-corrected chi connectivity index (χ2v) is 16.7. The maximum absolute atomic E-state index is 12.3. The van der Waals surface area contributed by atoms with E-state index in [2.05, 4.69) is 30.7 Å². The Labute approximate surface area is 359 Å². The van der Waals surface area contributed by atoms with E-state index in [0.717, 1.165) is 94.0 Å². The molecule has 5 N–H and O–H groups in total. The number of nitrogens with one attached hydrogen (secondary N) is 2. The molecule has 6 heterocycles. The van der Waals surface area contributed by atoms with E-state index >= 15 is 0 Å². The zero-order valence-electron chi connectivity index (χ0n) is 34.6. The Morgan fingerprint density at radius 1 is 0.750 bits per heavy atom. The minimum absolute atomic E-state index is 0.0282. The standard InChI is InChI=1S/C22H29N3O5S.C17H23N3O2S.C3H7NO2/c1-23-21(27)15-29-22(28)11-16-13-25(14-16)9-5-3-2-4-7-18(26)17-12-19(30-24-17)20-8-6-10-31-20;18-13-11-20(12-13)8-4-2-1-3-6-15(21)14-10-16(22-19-14)17-7-5-9-23-17;1-4-3(6)2-5/h6,8,10,12,16H,2-5,7,9,11,13-15H2,1H3,(H,23,27);5,7,9-10,13H,1-4,6,8,11-12,18H2;5H,2H2,1H3,(H,4,6). The number of nitrogens with two attached hydrogens (primary N) is 1. The van der Waals surface area contributed by atoms with Gasteiger partial charge >= 0.3 is 5.97 Å². The third-order valence-electron chi connectivity index (χ3n) is 9.92. The van der Waals surface area contributed by atoms with Crippen LogP contribution in [0.25, 0.3) is 21.3 Å². The fourth-order valence-corrected chi connectivity index (χ4v) is 7.81. The lowest BCUT2D eigenvalue weighted by Crippen LogP contribution is -2.55. The van der Waals surface area contributed by atoms with E-state index in [1.54, 1.807) is 34.8 Å². The van der Waals surface area contributed by atoms with Crippen LogP contribution in [-0.2, 0) is 19.1 Å². The number of amides is 2. The quantitative estimate of drug-likeness (QED) is 0.0435. The van der Waals surface area contributed by atoms with Gasteiger partial charge in [0.05, 0.1) is 16.2 Å². The number of rotatable bonds is 23. The van der Waals surface area contributed by atoms with Crippen LogP contribution in [0.2, 0.25) is 0 Å². The van der Waals surface area contributed by atoms with Crippen LogP contribution in [0.5, 0.6) is 0 Å². The van der Waals surface area contributed by atoms with Crippen molar-refractivity contribution in [2.24, 2.45) is 11.7 Å². The van der Waals surface area contributed by atoms with Crippen LogP contribution in [0.1, 0.15) is 91.6 Å². The SMILES string of the molecule is CNC(=O)CO.CNC(=O)COC(=O)CC1CN(CCCCCCC(=O)c2cc(-c3cccs3)on2)C1.NC1CN(CCCCCCC(=O)c2cc(-c3cccs3)on2)C1. The number of unbranched alkanes of at least 4 members (excludes halogenated alkanes) is 6. The van der Waals surface area contributed by atoms with Crippen LogP contribution in [-0.4, -0.2) is 127 Å². The molecule has 6 rings (SSSR count). The van der Waals surface area contributed by atoms with Gasteiger partial charge in [-0.25, -0.2) is 0 Å². The number of aromatic nitrogens is 2. The molecule has 0 radical (unpaired) electrons. The third-order valence-corrected chi connectivity index (χ3v) is 11.7. The van der Waals surface area contributed by atoms with Crippen molar-refractivity contribution in [3.8, 4) is 21.3 Å². The topological polar surface area (TPSA) is 223 Å². The molecule has 2 amide bonds. The molecule has 0 spiro atoms. The lowest BCUT2D eigenvalue weighted by molar-refractivity contribution is -0.150. The van der Waals surface area contributed by atoms with Gasteiger partial charge in [-0.15, -0.1) is 22.7 Å². The number of thiophene rings is 2. The second-order valence-electron chi connectivity index (χ2n) is 14.8. The highest BCUT2D eigenvalue weighted by atomic mass is 32.1. The summed E-state index contributed by atoms with van der Waals surface area (Å²) in [5, 5.41) is 24.3. The molecule has 2 fully saturated rings. The van der Waals surface area contributed by atoms with Crippen LogP contribution >= 0.6 is 22.7 Å². The summed E-state index contributed by atoms with van der Waals surface area (Å²) in [6, 6.07) is 11.7. The Morgan fingerprint density at radius 2 is 1.23 bits per heavy atom. The average Bonchev–Trinajstić information content (AvgIpc) is 4.08. The first-order valence-electron chi connectivity index (χ1n) is 20.5. The molecule has 0 unspecified atom stereocenters. The summed E-state index contributed by atoms with van der Waals surface area (Å²) in [5.74, 6) is 0.779. The first-order valence-corrected chi connectivity index (χ1v) is 22.3. The van der Waals surface area contributed by atoms with Crippen LogP contribution in [0.15, 0.2) is 56.2 Å². The molecule has 2 aliphatic rings. The number of ketones is 2. The Hall–Kier alpha value is -4.59. The van der Waals surface area contributed by atoms with Crippen molar-refractivity contribution in [3.05, 3.63) is 58.5 Å². The maximum atomic E-state index is 12.3. The third kappa shape index (κ3) is 17.2. The van der Waals surface area contributed by atoms with Crippen molar-refractivity contribution in [2.75, 3.05) is 66.6 Å². The molecule has 0 aromatic carbocycles. The van der Waals surface area contributed by atoms with Crippen molar-refractivity contribution in [3.63, 3.8) is 0 Å². The number of esters is 1. The highest BCUT2D eigenvalue weighted by Crippen LogP contribution is 2.27. The van der Waals surface area contributed by atoms with Gasteiger partial charge in [0.25, 0.3) is 5.91 Å². The summed E-state index contributed by atoms with van der Waals surface area (Å²) in [5.41, 5.74) is 6.60. The molecule has 0 bridgehead atoms. The minimum atomic E-state index is -0.420. The van der Waals surface area contributed by atoms with E-state index < -0.39 is 6.61 Å². The maximum Gasteiger partial charge on any atom is 0.306 e. The molecule has 4 aromatic heterocycles. The molecule has 2 aliphatic heterocycles. The average molecular weight is 870 g/mol. The number of nitrogens with zero attached hydrogens (tertiary/aromatic N) is 4. The van der Waals surface area contributed by atoms with Crippen LogP contribution < -0.4 is 16.4 Å². The summed E-state index contributed by atoms with van der Waals surface area (Å²) < 4.78 is 15.4. The monoisotopic (exact) mass is 869 g/mol. The number of carbonyl (C=O) groups excluding carboxylic acids is 5. The number of aliphatic hydroxyl groups is 1. The van der Waals surface area contributed by atoms with Crippen LogP contribution in [0.4, 0.5) is 0 Å². The number of hydrogen-bond donors (Lipinski definition) is 4. The van der Waals surface area contributed by atoms with Crippen molar-refractivity contribution in [1.29, 1.82) is 0 Å². The van der Waals surface area contributed by atoms with Crippen LogP contribution in [0.3, 0.4) is 0 Å². The molecule has 4 aromatic rings. The molecular formula is C42H59N7O9S2. The Balaban J connectivity index is 0.000000240. The highest BCUT2D eigenvalue weighted by molar-refractivity contribution is 7.13. The summed E-state index contributed by atoms with van der Waals surface area (Å²) in [4.78, 5) is 63.6. The Bertz CT molecular complexity index is 1860. The van der Waals surface area contributed by atoms with E-state index in [4.69, 9.17) is 24.6 Å². The van der Waals surface area contributed by atoms with Gasteiger partial charge in [-0.05, 0) is 67.6 Å². The molecule has 60 heavy (non-hydrogen) atoms. The van der Waals surface area contributed by atoms with Crippen molar-refractivity contribution >= 4 is 52.0 Å². The number of hydrogen-bond acceptors (Lipinski definition) is 16. The number of likely N-dealkylation sites (N-methyl/N-ethyl adjacent to an activating group) is 2. The first-order chi connectivity index (χ1) is 29.1. The number of ether oxygens (including phenoxy) is 1. The van der Waals surface area contributed by atoms with E-state index in [0.29, 0.717) is 54.1 Å². The zero-order chi connectivity index (χ0) is 43.1. The van der Waals surface area contributed by atoms with Gasteiger partial charge in [-0.1, -0.05) is 48.1 Å². The summed E-state index contributed by atoms with van der Waals surface area (Å²) in [6.45, 7) is 5.38.